The molecule has 1 amide bonds. The van der Waals surface area contributed by atoms with Crippen LogP contribution in [-0.4, -0.2) is 67.6 Å². The number of fused-ring (bicyclic) bond motifs is 2. The number of carbonyl (C=O) groups is 1. The van der Waals surface area contributed by atoms with Gasteiger partial charge < -0.3 is 10.1 Å². The summed E-state index contributed by atoms with van der Waals surface area (Å²) in [6.45, 7) is 8.35. The Morgan fingerprint density at radius 2 is 1.86 bits per heavy atom. The number of amides is 1. The minimum Gasteiger partial charge on any atom is -0.492 e. The zero-order valence-electron chi connectivity index (χ0n) is 17.2. The fourth-order valence-corrected chi connectivity index (χ4v) is 5.50. The first-order chi connectivity index (χ1) is 13.7. The summed E-state index contributed by atoms with van der Waals surface area (Å²) in [7, 11) is 0. The molecule has 1 saturated heterocycles. The van der Waals surface area contributed by atoms with Crippen LogP contribution in [0.15, 0.2) is 30.3 Å². The lowest BCUT2D eigenvalue weighted by Gasteiger charge is -2.35. The van der Waals surface area contributed by atoms with Crippen molar-refractivity contribution in [2.45, 2.75) is 38.6 Å². The van der Waals surface area contributed by atoms with Crippen LogP contribution in [0, 0.1) is 17.8 Å². The summed E-state index contributed by atoms with van der Waals surface area (Å²) in [6, 6.07) is 10.3. The minimum absolute atomic E-state index is 0.205. The molecule has 28 heavy (non-hydrogen) atoms. The molecule has 2 aliphatic carbocycles. The summed E-state index contributed by atoms with van der Waals surface area (Å²) in [5, 5.41) is 3.30. The van der Waals surface area contributed by atoms with E-state index in [4.69, 9.17) is 4.74 Å². The van der Waals surface area contributed by atoms with Gasteiger partial charge in [0.1, 0.15) is 12.4 Å². The molecule has 4 rings (SSSR count). The SMILES string of the molecule is CC(NC(=O)CN1CCN(CCOc2ccccc2)CC1)C1CC2CCC1C2. The maximum atomic E-state index is 12.5. The summed E-state index contributed by atoms with van der Waals surface area (Å²) in [4.78, 5) is 17.2. The second-order valence-corrected chi connectivity index (χ2v) is 8.97. The van der Waals surface area contributed by atoms with E-state index in [0.29, 0.717) is 25.1 Å². The van der Waals surface area contributed by atoms with Gasteiger partial charge in [0.05, 0.1) is 6.54 Å². The third-order valence-electron chi connectivity index (χ3n) is 7.08. The van der Waals surface area contributed by atoms with E-state index in [-0.39, 0.29) is 5.91 Å². The number of hydrogen-bond acceptors (Lipinski definition) is 4. The van der Waals surface area contributed by atoms with Crippen molar-refractivity contribution in [2.75, 3.05) is 45.9 Å². The average molecular weight is 386 g/mol. The van der Waals surface area contributed by atoms with Gasteiger partial charge in [-0.25, -0.2) is 0 Å². The number of ether oxygens (including phenoxy) is 1. The number of rotatable bonds is 8. The summed E-state index contributed by atoms with van der Waals surface area (Å²) in [5.74, 6) is 3.65. The largest absolute Gasteiger partial charge is 0.492 e. The summed E-state index contributed by atoms with van der Waals surface area (Å²) in [5.41, 5.74) is 0. The van der Waals surface area contributed by atoms with E-state index in [1.54, 1.807) is 0 Å². The lowest BCUT2D eigenvalue weighted by atomic mass is 9.84. The lowest BCUT2D eigenvalue weighted by Crippen LogP contribution is -2.51. The Bertz CT molecular complexity index is 630. The summed E-state index contributed by atoms with van der Waals surface area (Å²) in [6.07, 6.45) is 5.53. The van der Waals surface area contributed by atoms with Crippen molar-refractivity contribution < 1.29 is 9.53 Å². The molecule has 1 heterocycles. The van der Waals surface area contributed by atoms with E-state index in [1.807, 2.05) is 30.3 Å². The molecule has 0 radical (unpaired) electrons. The Hall–Kier alpha value is -1.59. The van der Waals surface area contributed by atoms with Crippen molar-refractivity contribution in [1.29, 1.82) is 0 Å². The lowest BCUT2D eigenvalue weighted by molar-refractivity contribution is -0.123. The molecule has 154 valence electrons. The first-order valence-corrected chi connectivity index (χ1v) is 11.1. The maximum Gasteiger partial charge on any atom is 0.234 e. The zero-order chi connectivity index (χ0) is 19.3. The smallest absolute Gasteiger partial charge is 0.234 e. The molecule has 1 aromatic carbocycles. The van der Waals surface area contributed by atoms with Gasteiger partial charge in [-0.15, -0.1) is 0 Å². The van der Waals surface area contributed by atoms with E-state index in [0.717, 1.165) is 50.3 Å². The predicted octanol–water partition coefficient (Wildman–Crippen LogP) is 2.62. The van der Waals surface area contributed by atoms with Crippen molar-refractivity contribution in [3.63, 3.8) is 0 Å². The Morgan fingerprint density at radius 3 is 2.54 bits per heavy atom. The molecule has 3 fully saturated rings. The maximum absolute atomic E-state index is 12.5. The van der Waals surface area contributed by atoms with E-state index in [2.05, 4.69) is 22.0 Å². The van der Waals surface area contributed by atoms with Crippen molar-refractivity contribution >= 4 is 5.91 Å². The van der Waals surface area contributed by atoms with Crippen LogP contribution in [0.4, 0.5) is 0 Å². The Kier molecular flexibility index (Phi) is 6.53. The van der Waals surface area contributed by atoms with Gasteiger partial charge in [0.25, 0.3) is 0 Å². The molecule has 2 saturated carbocycles. The van der Waals surface area contributed by atoms with Gasteiger partial charge in [-0.3, -0.25) is 14.6 Å². The molecule has 2 bridgehead atoms. The van der Waals surface area contributed by atoms with Crippen molar-refractivity contribution in [3.05, 3.63) is 30.3 Å². The standard InChI is InChI=1S/C23H35N3O2/c1-18(22-16-19-7-8-20(22)15-19)24-23(27)17-26-11-9-25(10-12-26)13-14-28-21-5-3-2-4-6-21/h2-6,18-20,22H,7-17H2,1H3,(H,24,27). The van der Waals surface area contributed by atoms with Gasteiger partial charge in [-0.2, -0.15) is 0 Å². The monoisotopic (exact) mass is 385 g/mol. The highest BCUT2D eigenvalue weighted by molar-refractivity contribution is 5.78. The van der Waals surface area contributed by atoms with Crippen molar-refractivity contribution in [1.82, 2.24) is 15.1 Å². The van der Waals surface area contributed by atoms with E-state index in [1.165, 1.54) is 25.7 Å². The number of carbonyl (C=O) groups excluding carboxylic acids is 1. The summed E-state index contributed by atoms with van der Waals surface area (Å²) >= 11 is 0. The van der Waals surface area contributed by atoms with E-state index in [9.17, 15) is 4.79 Å². The highest BCUT2D eigenvalue weighted by atomic mass is 16.5. The van der Waals surface area contributed by atoms with Gasteiger partial charge in [-0.05, 0) is 56.1 Å². The van der Waals surface area contributed by atoms with Crippen LogP contribution in [0.3, 0.4) is 0 Å². The molecular weight excluding hydrogens is 350 g/mol. The van der Waals surface area contributed by atoms with Gasteiger partial charge in [0.15, 0.2) is 0 Å². The molecule has 0 aromatic heterocycles. The van der Waals surface area contributed by atoms with Crippen LogP contribution in [0.1, 0.15) is 32.6 Å². The van der Waals surface area contributed by atoms with Crippen LogP contribution in [0.25, 0.3) is 0 Å². The first-order valence-electron chi connectivity index (χ1n) is 11.1. The Morgan fingerprint density at radius 1 is 1.11 bits per heavy atom. The molecule has 5 heteroatoms. The number of nitrogens with zero attached hydrogens (tertiary/aromatic N) is 2. The van der Waals surface area contributed by atoms with Crippen LogP contribution >= 0.6 is 0 Å². The highest BCUT2D eigenvalue weighted by Crippen LogP contribution is 2.49. The quantitative estimate of drug-likeness (QED) is 0.747. The van der Waals surface area contributed by atoms with E-state index < -0.39 is 0 Å². The molecule has 1 aliphatic heterocycles. The van der Waals surface area contributed by atoms with Crippen LogP contribution in [0.5, 0.6) is 5.75 Å². The molecule has 4 atom stereocenters. The van der Waals surface area contributed by atoms with Gasteiger partial charge in [0.2, 0.25) is 5.91 Å². The fourth-order valence-electron chi connectivity index (χ4n) is 5.50. The van der Waals surface area contributed by atoms with Gasteiger partial charge >= 0.3 is 0 Å². The third-order valence-corrected chi connectivity index (χ3v) is 7.08. The number of benzene rings is 1. The average Bonchev–Trinajstić information content (AvgIpc) is 3.34. The van der Waals surface area contributed by atoms with Gasteiger partial charge in [0, 0.05) is 38.8 Å². The Balaban J connectivity index is 1.11. The number of piperazine rings is 1. The van der Waals surface area contributed by atoms with Crippen LogP contribution < -0.4 is 10.1 Å². The highest BCUT2D eigenvalue weighted by Gasteiger charge is 2.42. The summed E-state index contributed by atoms with van der Waals surface area (Å²) < 4.78 is 5.79. The van der Waals surface area contributed by atoms with Crippen LogP contribution in [-0.2, 0) is 4.79 Å². The van der Waals surface area contributed by atoms with Crippen molar-refractivity contribution in [2.24, 2.45) is 17.8 Å². The van der Waals surface area contributed by atoms with Crippen molar-refractivity contribution in [3.8, 4) is 5.75 Å². The first kappa shape index (κ1) is 19.7. The topological polar surface area (TPSA) is 44.8 Å². The molecular formula is C23H35N3O2. The zero-order valence-corrected chi connectivity index (χ0v) is 17.2. The molecule has 1 N–H and O–H groups in total. The second kappa shape index (κ2) is 9.27. The number of para-hydroxylation sites is 1. The fraction of sp³-hybridized carbons (Fsp3) is 0.696. The normalized spacial score (nSPS) is 29.0. The number of hydrogen-bond donors (Lipinski definition) is 1. The minimum atomic E-state index is 0.205. The molecule has 1 aromatic rings. The molecule has 3 aliphatic rings. The number of nitrogens with one attached hydrogen (secondary N) is 1. The molecule has 5 nitrogen and oxygen atoms in total. The van der Waals surface area contributed by atoms with Crippen LogP contribution in [0.2, 0.25) is 0 Å². The van der Waals surface area contributed by atoms with E-state index >= 15 is 0 Å². The predicted molar refractivity (Wildman–Crippen MR) is 111 cm³/mol. The molecule has 4 unspecified atom stereocenters. The Labute approximate surface area is 169 Å². The second-order valence-electron chi connectivity index (χ2n) is 8.97. The molecule has 0 spiro atoms. The third kappa shape index (κ3) is 5.06. The van der Waals surface area contributed by atoms with Gasteiger partial charge in [-0.1, -0.05) is 24.6 Å².